The molecule has 2 heterocycles. The summed E-state index contributed by atoms with van der Waals surface area (Å²) in [5.74, 6) is 0.649. The minimum Gasteiger partial charge on any atom is -0.370 e. The highest BCUT2D eigenvalue weighted by atomic mass is 32.1. The van der Waals surface area contributed by atoms with Gasteiger partial charge in [0.15, 0.2) is 0 Å². The molecule has 15 heavy (non-hydrogen) atoms. The summed E-state index contributed by atoms with van der Waals surface area (Å²) in [5.41, 5.74) is 1.36. The summed E-state index contributed by atoms with van der Waals surface area (Å²) in [4.78, 5) is 1.38. The molecule has 0 aliphatic carbocycles. The maximum Gasteiger partial charge on any atom is 0.104 e. The average Bonchev–Trinajstić information content (AvgIpc) is 2.65. The average molecular weight is 225 g/mol. The Morgan fingerprint density at radius 2 is 2.33 bits per heavy atom. The summed E-state index contributed by atoms with van der Waals surface area (Å²) >= 11 is 1.80. The first-order valence-corrected chi connectivity index (χ1v) is 6.45. The van der Waals surface area contributed by atoms with Crippen molar-refractivity contribution >= 4 is 11.3 Å². The molecule has 0 spiro atoms. The van der Waals surface area contributed by atoms with Crippen molar-refractivity contribution in [2.75, 3.05) is 13.2 Å². The fraction of sp³-hybridized carbons (Fsp3) is 0.667. The molecule has 0 bridgehead atoms. The third-order valence-electron chi connectivity index (χ3n) is 3.04. The van der Waals surface area contributed by atoms with E-state index < -0.39 is 0 Å². The van der Waals surface area contributed by atoms with E-state index in [1.807, 2.05) is 0 Å². The molecule has 1 aliphatic rings. The predicted octanol–water partition coefficient (Wildman–Crippen LogP) is 2.74. The molecular formula is C12H19NOS. The number of rotatable bonds is 2. The van der Waals surface area contributed by atoms with Crippen LogP contribution in [0.3, 0.4) is 0 Å². The lowest BCUT2D eigenvalue weighted by Crippen LogP contribution is -2.45. The van der Waals surface area contributed by atoms with E-state index in [0.29, 0.717) is 12.0 Å². The van der Waals surface area contributed by atoms with Gasteiger partial charge in [0, 0.05) is 17.5 Å². The largest absolute Gasteiger partial charge is 0.370 e. The second kappa shape index (κ2) is 4.64. The van der Waals surface area contributed by atoms with Gasteiger partial charge in [0.05, 0.1) is 6.61 Å². The van der Waals surface area contributed by atoms with Gasteiger partial charge >= 0.3 is 0 Å². The Balaban J connectivity index is 1.97. The van der Waals surface area contributed by atoms with Crippen LogP contribution in [0, 0.1) is 12.8 Å². The van der Waals surface area contributed by atoms with Gasteiger partial charge in [-0.1, -0.05) is 13.8 Å². The van der Waals surface area contributed by atoms with Crippen molar-refractivity contribution in [2.24, 2.45) is 5.92 Å². The minimum absolute atomic E-state index is 0.264. The smallest absolute Gasteiger partial charge is 0.104 e. The van der Waals surface area contributed by atoms with Crippen molar-refractivity contribution in [3.8, 4) is 0 Å². The number of thiophene rings is 1. The number of hydrogen-bond donors (Lipinski definition) is 1. The van der Waals surface area contributed by atoms with E-state index in [1.54, 1.807) is 11.3 Å². The molecule has 0 saturated carbocycles. The van der Waals surface area contributed by atoms with Crippen molar-refractivity contribution in [2.45, 2.75) is 32.9 Å². The molecule has 1 aromatic rings. The fourth-order valence-electron chi connectivity index (χ4n) is 1.91. The van der Waals surface area contributed by atoms with Crippen LogP contribution in [0.4, 0.5) is 0 Å². The van der Waals surface area contributed by atoms with Crippen molar-refractivity contribution in [1.29, 1.82) is 0 Å². The Morgan fingerprint density at radius 3 is 2.80 bits per heavy atom. The molecule has 0 radical (unpaired) electrons. The fourth-order valence-corrected chi connectivity index (χ4v) is 2.88. The SMILES string of the molecule is Cc1ccsc1C1CNC(C(C)C)CO1. The van der Waals surface area contributed by atoms with Crippen LogP contribution in [0.25, 0.3) is 0 Å². The lowest BCUT2D eigenvalue weighted by Gasteiger charge is -2.32. The molecular weight excluding hydrogens is 206 g/mol. The number of nitrogens with one attached hydrogen (secondary N) is 1. The van der Waals surface area contributed by atoms with Gasteiger partial charge in [0.1, 0.15) is 6.10 Å². The van der Waals surface area contributed by atoms with Crippen LogP contribution in [0.1, 0.15) is 30.4 Å². The first kappa shape index (κ1) is 11.1. The maximum absolute atomic E-state index is 5.93. The van der Waals surface area contributed by atoms with Gasteiger partial charge in [-0.2, -0.15) is 0 Å². The highest BCUT2D eigenvalue weighted by Gasteiger charge is 2.25. The molecule has 1 saturated heterocycles. The third-order valence-corrected chi connectivity index (χ3v) is 4.15. The zero-order valence-electron chi connectivity index (χ0n) is 9.62. The molecule has 0 amide bonds. The normalized spacial score (nSPS) is 27.2. The third kappa shape index (κ3) is 2.41. The second-order valence-corrected chi connectivity index (χ2v) is 5.50. The maximum atomic E-state index is 5.93. The van der Waals surface area contributed by atoms with Crippen LogP contribution < -0.4 is 5.32 Å². The molecule has 1 N–H and O–H groups in total. The zero-order chi connectivity index (χ0) is 10.8. The Kier molecular flexibility index (Phi) is 3.44. The first-order valence-electron chi connectivity index (χ1n) is 5.57. The van der Waals surface area contributed by atoms with E-state index in [9.17, 15) is 0 Å². The summed E-state index contributed by atoms with van der Waals surface area (Å²) < 4.78 is 5.93. The predicted molar refractivity (Wildman–Crippen MR) is 64.4 cm³/mol. The minimum atomic E-state index is 0.264. The van der Waals surface area contributed by atoms with Crippen LogP contribution in [0.5, 0.6) is 0 Å². The molecule has 3 heteroatoms. The lowest BCUT2D eigenvalue weighted by molar-refractivity contribution is -0.00548. The van der Waals surface area contributed by atoms with Crippen molar-refractivity contribution in [1.82, 2.24) is 5.32 Å². The van der Waals surface area contributed by atoms with E-state index >= 15 is 0 Å². The number of aryl methyl sites for hydroxylation is 1. The molecule has 1 aliphatic heterocycles. The number of hydrogen-bond acceptors (Lipinski definition) is 3. The van der Waals surface area contributed by atoms with Crippen LogP contribution >= 0.6 is 11.3 Å². The molecule has 2 nitrogen and oxygen atoms in total. The molecule has 2 rings (SSSR count). The number of morpholine rings is 1. The van der Waals surface area contributed by atoms with Gasteiger partial charge in [-0.15, -0.1) is 11.3 Å². The van der Waals surface area contributed by atoms with Crippen LogP contribution in [-0.2, 0) is 4.74 Å². The van der Waals surface area contributed by atoms with E-state index in [-0.39, 0.29) is 6.10 Å². The summed E-state index contributed by atoms with van der Waals surface area (Å²) in [6.07, 6.45) is 0.264. The highest BCUT2D eigenvalue weighted by molar-refractivity contribution is 7.10. The lowest BCUT2D eigenvalue weighted by atomic mass is 10.0. The van der Waals surface area contributed by atoms with Crippen molar-refractivity contribution in [3.63, 3.8) is 0 Å². The van der Waals surface area contributed by atoms with Gasteiger partial charge in [0.25, 0.3) is 0 Å². The van der Waals surface area contributed by atoms with E-state index in [2.05, 4.69) is 37.5 Å². The molecule has 1 fully saturated rings. The summed E-state index contributed by atoms with van der Waals surface area (Å²) in [7, 11) is 0. The van der Waals surface area contributed by atoms with Crippen molar-refractivity contribution < 1.29 is 4.74 Å². The standard InChI is InChI=1S/C12H19NOS/c1-8(2)10-7-14-11(6-13-10)12-9(3)4-5-15-12/h4-5,8,10-11,13H,6-7H2,1-3H3. The second-order valence-electron chi connectivity index (χ2n) is 4.55. The summed E-state index contributed by atoms with van der Waals surface area (Å²) in [5, 5.41) is 5.71. The van der Waals surface area contributed by atoms with E-state index in [4.69, 9.17) is 4.74 Å². The Bertz CT molecular complexity index is 313. The van der Waals surface area contributed by atoms with E-state index in [1.165, 1.54) is 10.4 Å². The Morgan fingerprint density at radius 1 is 1.53 bits per heavy atom. The van der Waals surface area contributed by atoms with Gasteiger partial charge in [-0.3, -0.25) is 0 Å². The van der Waals surface area contributed by atoms with Crippen molar-refractivity contribution in [3.05, 3.63) is 21.9 Å². The Labute approximate surface area is 95.6 Å². The van der Waals surface area contributed by atoms with Gasteiger partial charge < -0.3 is 10.1 Å². The van der Waals surface area contributed by atoms with E-state index in [0.717, 1.165) is 13.2 Å². The Hall–Kier alpha value is -0.380. The highest BCUT2D eigenvalue weighted by Crippen LogP contribution is 2.28. The van der Waals surface area contributed by atoms with Gasteiger partial charge in [-0.25, -0.2) is 0 Å². The van der Waals surface area contributed by atoms with Gasteiger partial charge in [0.2, 0.25) is 0 Å². The van der Waals surface area contributed by atoms with Crippen LogP contribution in [0.15, 0.2) is 11.4 Å². The molecule has 2 atom stereocenters. The van der Waals surface area contributed by atoms with Crippen LogP contribution in [-0.4, -0.2) is 19.2 Å². The molecule has 84 valence electrons. The monoisotopic (exact) mass is 225 g/mol. The zero-order valence-corrected chi connectivity index (χ0v) is 10.4. The number of ether oxygens (including phenoxy) is 1. The quantitative estimate of drug-likeness (QED) is 0.835. The first-order chi connectivity index (χ1) is 7.18. The molecule has 0 aromatic carbocycles. The van der Waals surface area contributed by atoms with Gasteiger partial charge in [-0.05, 0) is 29.9 Å². The summed E-state index contributed by atoms with van der Waals surface area (Å²) in [6.45, 7) is 8.41. The van der Waals surface area contributed by atoms with Crippen LogP contribution in [0.2, 0.25) is 0 Å². The summed E-state index contributed by atoms with van der Waals surface area (Å²) in [6, 6.07) is 2.68. The topological polar surface area (TPSA) is 21.3 Å². The molecule has 1 aromatic heterocycles. The molecule has 2 unspecified atom stereocenters.